The summed E-state index contributed by atoms with van der Waals surface area (Å²) < 4.78 is 10.7. The molecule has 0 unspecified atom stereocenters. The van der Waals surface area contributed by atoms with Gasteiger partial charge in [-0.1, -0.05) is 11.6 Å². The quantitative estimate of drug-likeness (QED) is 0.812. The van der Waals surface area contributed by atoms with Gasteiger partial charge in [-0.2, -0.15) is 0 Å². The van der Waals surface area contributed by atoms with E-state index in [9.17, 15) is 4.79 Å². The molecule has 0 N–H and O–H groups in total. The van der Waals surface area contributed by atoms with Crippen molar-refractivity contribution in [1.82, 2.24) is 0 Å². The van der Waals surface area contributed by atoms with E-state index in [1.165, 1.54) is 6.26 Å². The lowest BCUT2D eigenvalue weighted by molar-refractivity contribution is 0.103. The SMILES string of the molecule is COc1ccc(C)cc1C(=O)c1ccoc1Br. The third kappa shape index (κ3) is 2.26. The van der Waals surface area contributed by atoms with Gasteiger partial charge in [-0.3, -0.25) is 4.79 Å². The molecule has 0 aliphatic heterocycles. The van der Waals surface area contributed by atoms with Gasteiger partial charge in [0.15, 0.2) is 4.67 Å². The summed E-state index contributed by atoms with van der Waals surface area (Å²) in [5.41, 5.74) is 2.04. The maximum absolute atomic E-state index is 12.3. The van der Waals surface area contributed by atoms with Crippen molar-refractivity contribution in [2.75, 3.05) is 7.11 Å². The number of hydrogen-bond acceptors (Lipinski definition) is 3. The predicted octanol–water partition coefficient (Wildman–Crippen LogP) is 3.59. The zero-order chi connectivity index (χ0) is 12.4. The fourth-order valence-electron chi connectivity index (χ4n) is 1.60. The van der Waals surface area contributed by atoms with E-state index in [0.717, 1.165) is 5.56 Å². The highest BCUT2D eigenvalue weighted by Gasteiger charge is 2.18. The zero-order valence-corrected chi connectivity index (χ0v) is 11.1. The molecule has 0 aliphatic rings. The van der Waals surface area contributed by atoms with E-state index in [4.69, 9.17) is 9.15 Å². The van der Waals surface area contributed by atoms with Crippen LogP contribution in [0, 0.1) is 6.92 Å². The zero-order valence-electron chi connectivity index (χ0n) is 9.49. The van der Waals surface area contributed by atoms with Crippen molar-refractivity contribution in [3.8, 4) is 5.75 Å². The largest absolute Gasteiger partial charge is 0.496 e. The third-order valence-electron chi connectivity index (χ3n) is 2.46. The summed E-state index contributed by atoms with van der Waals surface area (Å²) in [5.74, 6) is 0.444. The number of rotatable bonds is 3. The number of benzene rings is 1. The van der Waals surface area contributed by atoms with Crippen LogP contribution in [0.3, 0.4) is 0 Å². The van der Waals surface area contributed by atoms with E-state index in [-0.39, 0.29) is 5.78 Å². The average Bonchev–Trinajstić information content (AvgIpc) is 2.74. The third-order valence-corrected chi connectivity index (χ3v) is 3.08. The van der Waals surface area contributed by atoms with E-state index >= 15 is 0 Å². The van der Waals surface area contributed by atoms with Crippen LogP contribution in [-0.2, 0) is 0 Å². The Balaban J connectivity index is 2.50. The second-order valence-electron chi connectivity index (χ2n) is 3.64. The number of carbonyl (C=O) groups is 1. The van der Waals surface area contributed by atoms with Gasteiger partial charge in [-0.15, -0.1) is 0 Å². The van der Waals surface area contributed by atoms with Gasteiger partial charge in [0.1, 0.15) is 5.75 Å². The lowest BCUT2D eigenvalue weighted by atomic mass is 10.0. The first-order valence-electron chi connectivity index (χ1n) is 5.06. The summed E-state index contributed by atoms with van der Waals surface area (Å²) in [6, 6.07) is 7.13. The predicted molar refractivity (Wildman–Crippen MR) is 67.6 cm³/mol. The minimum absolute atomic E-state index is 0.119. The number of ether oxygens (including phenoxy) is 1. The number of aryl methyl sites for hydroxylation is 1. The minimum Gasteiger partial charge on any atom is -0.496 e. The number of carbonyl (C=O) groups excluding carboxylic acids is 1. The van der Waals surface area contributed by atoms with E-state index in [1.54, 1.807) is 25.3 Å². The lowest BCUT2D eigenvalue weighted by Crippen LogP contribution is -2.04. The van der Waals surface area contributed by atoms with Crippen LogP contribution in [0.5, 0.6) is 5.75 Å². The Morgan fingerprint density at radius 2 is 2.06 bits per heavy atom. The molecule has 17 heavy (non-hydrogen) atoms. The molecule has 88 valence electrons. The molecule has 3 nitrogen and oxygen atoms in total. The number of methoxy groups -OCH3 is 1. The Morgan fingerprint density at radius 1 is 1.29 bits per heavy atom. The second-order valence-corrected chi connectivity index (χ2v) is 4.36. The molecule has 0 atom stereocenters. The Kier molecular flexibility index (Phi) is 3.33. The van der Waals surface area contributed by atoms with Crippen molar-refractivity contribution in [1.29, 1.82) is 0 Å². The molecule has 0 bridgehead atoms. The van der Waals surface area contributed by atoms with Crippen LogP contribution in [0.1, 0.15) is 21.5 Å². The number of ketones is 1. The number of halogens is 1. The van der Waals surface area contributed by atoms with Crippen LogP contribution in [0.4, 0.5) is 0 Å². The molecule has 1 aromatic heterocycles. The second kappa shape index (κ2) is 4.75. The van der Waals surface area contributed by atoms with Crippen molar-refractivity contribution < 1.29 is 13.9 Å². The van der Waals surface area contributed by atoms with Gasteiger partial charge in [0.2, 0.25) is 5.78 Å². The van der Waals surface area contributed by atoms with E-state index < -0.39 is 0 Å². The first-order chi connectivity index (χ1) is 8.13. The smallest absolute Gasteiger partial charge is 0.201 e. The minimum atomic E-state index is -0.119. The molecule has 4 heteroatoms. The Bertz CT molecular complexity index is 558. The van der Waals surface area contributed by atoms with Gasteiger partial charge in [-0.25, -0.2) is 0 Å². The van der Waals surface area contributed by atoms with Crippen LogP contribution in [0.15, 0.2) is 39.6 Å². The van der Waals surface area contributed by atoms with Crippen molar-refractivity contribution in [3.63, 3.8) is 0 Å². The van der Waals surface area contributed by atoms with Gasteiger partial charge in [0, 0.05) is 0 Å². The van der Waals surface area contributed by atoms with Crippen molar-refractivity contribution >= 4 is 21.7 Å². The molecular formula is C13H11BrO3. The molecule has 1 aromatic carbocycles. The average molecular weight is 295 g/mol. The summed E-state index contributed by atoms with van der Waals surface area (Å²) in [6.07, 6.45) is 1.47. The summed E-state index contributed by atoms with van der Waals surface area (Å²) in [5, 5.41) is 0. The maximum atomic E-state index is 12.3. The monoisotopic (exact) mass is 294 g/mol. The van der Waals surface area contributed by atoms with E-state index in [2.05, 4.69) is 15.9 Å². The summed E-state index contributed by atoms with van der Waals surface area (Å²) >= 11 is 3.20. The first kappa shape index (κ1) is 11.9. The molecule has 0 saturated heterocycles. The molecule has 0 radical (unpaired) electrons. The normalized spacial score (nSPS) is 10.3. The van der Waals surface area contributed by atoms with Crippen LogP contribution >= 0.6 is 15.9 Å². The van der Waals surface area contributed by atoms with Crippen LogP contribution in [-0.4, -0.2) is 12.9 Å². The van der Waals surface area contributed by atoms with Crippen molar-refractivity contribution in [2.45, 2.75) is 6.92 Å². The van der Waals surface area contributed by atoms with Crippen LogP contribution in [0.2, 0.25) is 0 Å². The van der Waals surface area contributed by atoms with Crippen LogP contribution < -0.4 is 4.74 Å². The van der Waals surface area contributed by atoms with Gasteiger partial charge in [0.25, 0.3) is 0 Å². The van der Waals surface area contributed by atoms with Gasteiger partial charge in [0.05, 0.1) is 24.5 Å². The number of furan rings is 1. The number of hydrogen-bond donors (Lipinski definition) is 0. The first-order valence-corrected chi connectivity index (χ1v) is 5.85. The molecule has 2 rings (SSSR count). The van der Waals surface area contributed by atoms with Crippen molar-refractivity contribution in [2.24, 2.45) is 0 Å². The fourth-order valence-corrected chi connectivity index (χ4v) is 2.02. The van der Waals surface area contributed by atoms with E-state index in [1.807, 2.05) is 13.0 Å². The highest BCUT2D eigenvalue weighted by molar-refractivity contribution is 9.10. The van der Waals surface area contributed by atoms with Gasteiger partial charge >= 0.3 is 0 Å². The summed E-state index contributed by atoms with van der Waals surface area (Å²) in [6.45, 7) is 1.93. The van der Waals surface area contributed by atoms with Gasteiger partial charge in [-0.05, 0) is 41.1 Å². The van der Waals surface area contributed by atoms with Crippen molar-refractivity contribution in [3.05, 3.63) is 51.9 Å². The molecular weight excluding hydrogens is 284 g/mol. The fraction of sp³-hybridized carbons (Fsp3) is 0.154. The lowest BCUT2D eigenvalue weighted by Gasteiger charge is -2.07. The molecule has 0 amide bonds. The Morgan fingerprint density at radius 3 is 2.65 bits per heavy atom. The maximum Gasteiger partial charge on any atom is 0.201 e. The Hall–Kier alpha value is -1.55. The molecule has 0 fully saturated rings. The van der Waals surface area contributed by atoms with Gasteiger partial charge < -0.3 is 9.15 Å². The highest BCUT2D eigenvalue weighted by atomic mass is 79.9. The van der Waals surface area contributed by atoms with Crippen LogP contribution in [0.25, 0.3) is 0 Å². The standard InChI is InChI=1S/C13H11BrO3/c1-8-3-4-11(16-2)10(7-8)12(15)9-5-6-17-13(9)14/h3-7H,1-2H3. The summed E-state index contributed by atoms with van der Waals surface area (Å²) in [4.78, 5) is 12.3. The van der Waals surface area contributed by atoms with E-state index in [0.29, 0.717) is 21.5 Å². The molecule has 1 heterocycles. The molecule has 0 saturated carbocycles. The molecule has 2 aromatic rings. The summed E-state index contributed by atoms with van der Waals surface area (Å²) in [7, 11) is 1.55. The molecule has 0 aliphatic carbocycles. The highest BCUT2D eigenvalue weighted by Crippen LogP contribution is 2.26. The molecule has 0 spiro atoms. The Labute approximate surface area is 108 Å². The topological polar surface area (TPSA) is 39.4 Å².